The Kier molecular flexibility index (Phi) is 4.39. The van der Waals surface area contributed by atoms with Crippen LogP contribution in [0.2, 0.25) is 0 Å². The first-order valence-electron chi connectivity index (χ1n) is 8.35. The quantitative estimate of drug-likeness (QED) is 0.840. The van der Waals surface area contributed by atoms with Crippen LogP contribution in [0.15, 0.2) is 17.1 Å². The number of oxazole rings is 1. The second kappa shape index (κ2) is 6.34. The molecule has 0 radical (unpaired) electrons. The van der Waals surface area contributed by atoms with Crippen molar-refractivity contribution in [2.75, 3.05) is 18.5 Å². The molecule has 0 N–H and O–H groups in total. The van der Waals surface area contributed by atoms with E-state index in [0.29, 0.717) is 24.5 Å². The molecule has 0 atom stereocenters. The van der Waals surface area contributed by atoms with E-state index in [0.717, 1.165) is 36.3 Å². The van der Waals surface area contributed by atoms with Gasteiger partial charge in [-0.05, 0) is 24.7 Å². The normalized spacial score (nSPS) is 13.8. The van der Waals surface area contributed by atoms with E-state index in [2.05, 4.69) is 35.7 Å². The van der Waals surface area contributed by atoms with E-state index in [-0.39, 0.29) is 11.2 Å². The lowest BCUT2D eigenvalue weighted by atomic mass is 9.90. The highest BCUT2D eigenvalue weighted by Gasteiger charge is 2.24. The summed E-state index contributed by atoms with van der Waals surface area (Å²) >= 11 is 0. The Morgan fingerprint density at radius 2 is 2.08 bits per heavy atom. The summed E-state index contributed by atoms with van der Waals surface area (Å²) in [7, 11) is 1.92. The molecule has 3 rings (SSSR count). The Morgan fingerprint density at radius 3 is 2.75 bits per heavy atom. The van der Waals surface area contributed by atoms with Crippen molar-refractivity contribution in [1.29, 1.82) is 0 Å². The van der Waals surface area contributed by atoms with Crippen LogP contribution in [0.3, 0.4) is 0 Å². The third kappa shape index (κ3) is 3.63. The Morgan fingerprint density at radius 1 is 1.29 bits per heavy atom. The molecule has 6 nitrogen and oxygen atoms in total. The Labute approximate surface area is 142 Å². The highest BCUT2D eigenvalue weighted by Crippen LogP contribution is 2.30. The molecule has 24 heavy (non-hydrogen) atoms. The number of Topliss-reactive ketones (excluding diaryl/α,β-unsaturated/α-hetero) is 1. The van der Waals surface area contributed by atoms with Gasteiger partial charge in [-0.3, -0.25) is 4.79 Å². The second-order valence-corrected chi connectivity index (χ2v) is 7.66. The van der Waals surface area contributed by atoms with Gasteiger partial charge in [-0.2, -0.15) is 0 Å². The van der Waals surface area contributed by atoms with Crippen LogP contribution >= 0.6 is 0 Å². The van der Waals surface area contributed by atoms with Gasteiger partial charge in [0.2, 0.25) is 0 Å². The van der Waals surface area contributed by atoms with Crippen molar-refractivity contribution >= 4 is 11.6 Å². The molecular weight excluding hydrogens is 304 g/mol. The summed E-state index contributed by atoms with van der Waals surface area (Å²) in [6, 6.07) is 0. The number of ketones is 1. The molecule has 0 amide bonds. The fourth-order valence-corrected chi connectivity index (χ4v) is 3.15. The maximum atomic E-state index is 12.3. The van der Waals surface area contributed by atoms with Crippen molar-refractivity contribution in [3.8, 4) is 11.5 Å². The summed E-state index contributed by atoms with van der Waals surface area (Å²) in [6.07, 6.45) is 6.46. The number of anilines is 1. The number of fused-ring (bicyclic) bond motifs is 1. The molecule has 0 aliphatic heterocycles. The van der Waals surface area contributed by atoms with Crippen LogP contribution in [-0.2, 0) is 17.6 Å². The number of nitrogens with zero attached hydrogens (tertiary/aromatic N) is 4. The zero-order valence-corrected chi connectivity index (χ0v) is 14.8. The molecule has 0 saturated carbocycles. The number of hydrogen-bond acceptors (Lipinski definition) is 6. The topological polar surface area (TPSA) is 72.1 Å². The van der Waals surface area contributed by atoms with Gasteiger partial charge in [-0.15, -0.1) is 0 Å². The van der Waals surface area contributed by atoms with Crippen molar-refractivity contribution in [2.45, 2.75) is 46.5 Å². The Bertz CT molecular complexity index is 732. The van der Waals surface area contributed by atoms with Crippen molar-refractivity contribution in [3.63, 3.8) is 0 Å². The molecule has 0 saturated heterocycles. The predicted molar refractivity (Wildman–Crippen MR) is 91.9 cm³/mol. The number of aryl methyl sites for hydroxylation is 1. The third-order valence-electron chi connectivity index (χ3n) is 4.08. The van der Waals surface area contributed by atoms with Crippen molar-refractivity contribution in [3.05, 3.63) is 23.9 Å². The molecule has 2 heterocycles. The highest BCUT2D eigenvalue weighted by atomic mass is 16.3. The maximum absolute atomic E-state index is 12.3. The van der Waals surface area contributed by atoms with E-state index in [1.165, 1.54) is 6.39 Å². The van der Waals surface area contributed by atoms with Crippen molar-refractivity contribution in [1.82, 2.24) is 15.0 Å². The number of carbonyl (C=O) groups is 1. The van der Waals surface area contributed by atoms with Gasteiger partial charge in [0.05, 0.1) is 6.54 Å². The number of hydrogen-bond donors (Lipinski definition) is 0. The average molecular weight is 328 g/mol. The average Bonchev–Trinajstić information content (AvgIpc) is 3.15. The van der Waals surface area contributed by atoms with Gasteiger partial charge >= 0.3 is 0 Å². The number of rotatable bonds is 5. The monoisotopic (exact) mass is 328 g/mol. The molecule has 6 heteroatoms. The van der Waals surface area contributed by atoms with E-state index < -0.39 is 0 Å². The lowest BCUT2D eigenvalue weighted by Gasteiger charge is -2.23. The summed E-state index contributed by atoms with van der Waals surface area (Å²) in [5, 5.41) is 0. The molecule has 2 aromatic heterocycles. The zero-order chi connectivity index (χ0) is 17.3. The second-order valence-electron chi connectivity index (χ2n) is 7.66. The molecule has 0 fully saturated rings. The van der Waals surface area contributed by atoms with E-state index in [1.54, 1.807) is 6.26 Å². The largest absolute Gasteiger partial charge is 0.451 e. The predicted octanol–water partition coefficient (Wildman–Crippen LogP) is 3.06. The lowest BCUT2D eigenvalue weighted by molar-refractivity contribution is -0.119. The lowest BCUT2D eigenvalue weighted by Crippen LogP contribution is -2.30. The molecular formula is C18H24N4O2. The van der Waals surface area contributed by atoms with Crippen LogP contribution in [-0.4, -0.2) is 34.3 Å². The van der Waals surface area contributed by atoms with Crippen LogP contribution in [0.5, 0.6) is 0 Å². The molecule has 0 spiro atoms. The Balaban J connectivity index is 1.88. The van der Waals surface area contributed by atoms with Gasteiger partial charge in [-0.1, -0.05) is 20.8 Å². The van der Waals surface area contributed by atoms with E-state index in [4.69, 9.17) is 4.42 Å². The molecule has 2 aromatic rings. The van der Waals surface area contributed by atoms with Gasteiger partial charge in [0.15, 0.2) is 18.0 Å². The van der Waals surface area contributed by atoms with E-state index in [1.807, 2.05) is 11.9 Å². The van der Waals surface area contributed by atoms with Gasteiger partial charge in [0.1, 0.15) is 17.8 Å². The first kappa shape index (κ1) is 16.6. The van der Waals surface area contributed by atoms with Gasteiger partial charge in [-0.25, -0.2) is 15.0 Å². The van der Waals surface area contributed by atoms with Crippen molar-refractivity contribution in [2.24, 2.45) is 5.41 Å². The van der Waals surface area contributed by atoms with E-state index in [9.17, 15) is 4.79 Å². The smallest absolute Gasteiger partial charge is 0.183 e. The van der Waals surface area contributed by atoms with Crippen LogP contribution in [0.4, 0.5) is 5.82 Å². The molecule has 1 aliphatic carbocycles. The number of likely N-dealkylation sites (N-methyl/N-ethyl adjacent to an activating group) is 1. The first-order chi connectivity index (χ1) is 11.3. The SMILES string of the molecule is CN(CC(=O)CC(C)(C)C)c1nc(-c2cocn2)nc2c1CCC2. The summed E-state index contributed by atoms with van der Waals surface area (Å²) in [5.74, 6) is 1.63. The minimum atomic E-state index is -0.00256. The summed E-state index contributed by atoms with van der Waals surface area (Å²) in [4.78, 5) is 27.7. The minimum absolute atomic E-state index is 0.00256. The standard InChI is InChI=1S/C18H24N4O2/c1-18(2,3)8-12(23)9-22(4)17-13-6-5-7-14(13)20-16(21-17)15-10-24-11-19-15/h10-11H,5-9H2,1-4H3. The fourth-order valence-electron chi connectivity index (χ4n) is 3.15. The van der Waals surface area contributed by atoms with Gasteiger partial charge in [0, 0.05) is 24.7 Å². The molecule has 0 unspecified atom stereocenters. The number of aromatic nitrogens is 3. The Hall–Kier alpha value is -2.24. The number of carbonyl (C=O) groups excluding carboxylic acids is 1. The molecule has 1 aliphatic rings. The summed E-state index contributed by atoms with van der Waals surface area (Å²) in [5.41, 5.74) is 2.85. The molecule has 128 valence electrons. The summed E-state index contributed by atoms with van der Waals surface area (Å²) < 4.78 is 5.05. The first-order valence-corrected chi connectivity index (χ1v) is 8.35. The van der Waals surface area contributed by atoms with Gasteiger partial charge < -0.3 is 9.32 Å². The molecule has 0 bridgehead atoms. The third-order valence-corrected chi connectivity index (χ3v) is 4.08. The molecule has 0 aromatic carbocycles. The van der Waals surface area contributed by atoms with Crippen LogP contribution < -0.4 is 4.90 Å². The highest BCUT2D eigenvalue weighted by molar-refractivity contribution is 5.84. The van der Waals surface area contributed by atoms with Crippen LogP contribution in [0.25, 0.3) is 11.5 Å². The zero-order valence-electron chi connectivity index (χ0n) is 14.8. The maximum Gasteiger partial charge on any atom is 0.183 e. The fraction of sp³-hybridized carbons (Fsp3) is 0.556. The van der Waals surface area contributed by atoms with Crippen LogP contribution in [0, 0.1) is 5.41 Å². The van der Waals surface area contributed by atoms with Crippen LogP contribution in [0.1, 0.15) is 44.9 Å². The minimum Gasteiger partial charge on any atom is -0.451 e. The van der Waals surface area contributed by atoms with Gasteiger partial charge in [0.25, 0.3) is 0 Å². The van der Waals surface area contributed by atoms with Crippen molar-refractivity contribution < 1.29 is 9.21 Å². The van der Waals surface area contributed by atoms with E-state index >= 15 is 0 Å². The summed E-state index contributed by atoms with van der Waals surface area (Å²) in [6.45, 7) is 6.60.